The maximum absolute atomic E-state index is 8.79. The second-order valence-electron chi connectivity index (χ2n) is 7.19. The number of hydrogen-bond acceptors (Lipinski definition) is 5. The summed E-state index contributed by atoms with van der Waals surface area (Å²) in [5.41, 5.74) is 6.21. The molecule has 6 heteroatoms. The molecule has 0 bridgehead atoms. The van der Waals surface area contributed by atoms with E-state index in [1.807, 2.05) is 25.4 Å². The number of nitrogens with zero attached hydrogens (tertiary/aromatic N) is 3. The Morgan fingerprint density at radius 2 is 2.25 bits per heavy atom. The maximum Gasteiger partial charge on any atom is 0.140 e. The highest BCUT2D eigenvalue weighted by Crippen LogP contribution is 2.26. The first kappa shape index (κ1) is 18.7. The van der Waals surface area contributed by atoms with Gasteiger partial charge in [-0.05, 0) is 62.1 Å². The summed E-state index contributed by atoms with van der Waals surface area (Å²) in [5.74, 6) is 0.577. The topological polar surface area (TPSA) is 71.7 Å². The number of aliphatic hydroxyl groups is 1. The number of hydrogen-bond donors (Lipinski definition) is 2. The molecule has 1 atom stereocenters. The van der Waals surface area contributed by atoms with Gasteiger partial charge in [0, 0.05) is 17.8 Å². The number of piperidine rings is 1. The van der Waals surface area contributed by atoms with Crippen molar-refractivity contribution in [3.8, 4) is 5.69 Å². The Morgan fingerprint density at radius 3 is 3.07 bits per heavy atom. The first-order valence-corrected chi connectivity index (χ1v) is 9.82. The summed E-state index contributed by atoms with van der Waals surface area (Å²) in [7, 11) is 0. The molecule has 4 rings (SSSR count). The van der Waals surface area contributed by atoms with Gasteiger partial charge >= 0.3 is 0 Å². The Balaban J connectivity index is 1.62. The van der Waals surface area contributed by atoms with Gasteiger partial charge in [-0.15, -0.1) is 0 Å². The molecule has 1 fully saturated rings. The van der Waals surface area contributed by atoms with Gasteiger partial charge in [0.25, 0.3) is 0 Å². The molecule has 2 N–H and O–H groups in total. The summed E-state index contributed by atoms with van der Waals surface area (Å²) >= 11 is 0. The zero-order valence-electron chi connectivity index (χ0n) is 16.1. The normalized spacial score (nSPS) is 17.8. The smallest absolute Gasteiger partial charge is 0.140 e. The van der Waals surface area contributed by atoms with Crippen LogP contribution in [-0.2, 0) is 4.84 Å². The second-order valence-corrected chi connectivity index (χ2v) is 7.19. The van der Waals surface area contributed by atoms with Crippen LogP contribution in [0.4, 0.5) is 0 Å². The Hall–Kier alpha value is -2.70. The van der Waals surface area contributed by atoms with Crippen LogP contribution in [0.15, 0.2) is 53.9 Å². The molecule has 0 amide bonds. The molecule has 0 aliphatic carbocycles. The van der Waals surface area contributed by atoms with Crippen molar-refractivity contribution in [1.82, 2.24) is 14.9 Å². The molecule has 28 heavy (non-hydrogen) atoms. The average molecular weight is 378 g/mol. The molecular formula is C22H26N4O2. The van der Waals surface area contributed by atoms with E-state index in [1.54, 1.807) is 0 Å². The minimum absolute atomic E-state index is 0.0454. The van der Waals surface area contributed by atoms with E-state index in [9.17, 15) is 0 Å². The van der Waals surface area contributed by atoms with Crippen molar-refractivity contribution in [2.45, 2.75) is 25.7 Å². The van der Waals surface area contributed by atoms with E-state index in [2.05, 4.69) is 50.4 Å². The van der Waals surface area contributed by atoms with Gasteiger partial charge in [-0.2, -0.15) is 0 Å². The zero-order valence-corrected chi connectivity index (χ0v) is 16.1. The molecule has 0 radical (unpaired) electrons. The molecule has 2 aromatic carbocycles. The largest absolute Gasteiger partial charge is 0.393 e. The van der Waals surface area contributed by atoms with E-state index in [0.717, 1.165) is 41.1 Å². The lowest BCUT2D eigenvalue weighted by atomic mass is 9.91. The number of rotatable bonds is 6. The van der Waals surface area contributed by atoms with Gasteiger partial charge in [-0.25, -0.2) is 4.98 Å². The van der Waals surface area contributed by atoms with Crippen molar-refractivity contribution in [1.29, 1.82) is 0 Å². The lowest BCUT2D eigenvalue weighted by Crippen LogP contribution is -2.28. The lowest BCUT2D eigenvalue weighted by Gasteiger charge is -2.23. The molecule has 1 saturated heterocycles. The maximum atomic E-state index is 8.79. The van der Waals surface area contributed by atoms with Crippen molar-refractivity contribution in [3.05, 3.63) is 59.9 Å². The van der Waals surface area contributed by atoms with E-state index < -0.39 is 0 Å². The van der Waals surface area contributed by atoms with E-state index >= 15 is 0 Å². The molecule has 2 heterocycles. The Kier molecular flexibility index (Phi) is 5.69. The van der Waals surface area contributed by atoms with E-state index in [1.165, 1.54) is 18.4 Å². The van der Waals surface area contributed by atoms with Crippen molar-refractivity contribution >= 4 is 16.7 Å². The average Bonchev–Trinajstić information content (AvgIpc) is 3.18. The van der Waals surface area contributed by atoms with Crippen LogP contribution in [0.25, 0.3) is 16.7 Å². The molecule has 146 valence electrons. The summed E-state index contributed by atoms with van der Waals surface area (Å²) in [6.07, 6.45) is 4.34. The molecule has 1 aromatic heterocycles. The van der Waals surface area contributed by atoms with Crippen molar-refractivity contribution in [2.75, 3.05) is 26.3 Å². The summed E-state index contributed by atoms with van der Waals surface area (Å²) in [4.78, 5) is 9.66. The molecule has 6 nitrogen and oxygen atoms in total. The monoisotopic (exact) mass is 378 g/mol. The van der Waals surface area contributed by atoms with E-state index in [-0.39, 0.29) is 13.2 Å². The minimum atomic E-state index is -0.0454. The van der Waals surface area contributed by atoms with Gasteiger partial charge < -0.3 is 15.3 Å². The number of oxime groups is 1. The van der Waals surface area contributed by atoms with Gasteiger partial charge in [0.2, 0.25) is 0 Å². The number of nitrogens with one attached hydrogen (secondary N) is 1. The van der Waals surface area contributed by atoms with Gasteiger partial charge in [0.05, 0.1) is 23.4 Å². The SMILES string of the molecule is C/C(=N\OCCO)c1ccc2c(c1)ncn2-c1cccc(C2CCCNC2)c1. The zero-order chi connectivity index (χ0) is 19.3. The fraction of sp³-hybridized carbons (Fsp3) is 0.364. The third-order valence-electron chi connectivity index (χ3n) is 5.27. The molecule has 0 spiro atoms. The summed E-state index contributed by atoms with van der Waals surface area (Å²) < 4.78 is 2.13. The molecule has 3 aromatic rings. The van der Waals surface area contributed by atoms with Crippen LogP contribution in [0.2, 0.25) is 0 Å². The fourth-order valence-electron chi connectivity index (χ4n) is 3.74. The number of fused-ring (bicyclic) bond motifs is 1. The Bertz CT molecular complexity index is 974. The summed E-state index contributed by atoms with van der Waals surface area (Å²) in [6.45, 7) is 4.21. The molecule has 0 saturated carbocycles. The van der Waals surface area contributed by atoms with Crippen LogP contribution in [0.1, 0.15) is 36.8 Å². The molecule has 1 aliphatic heterocycles. The predicted octanol–water partition coefficient (Wildman–Crippen LogP) is 3.23. The van der Waals surface area contributed by atoms with Crippen LogP contribution < -0.4 is 5.32 Å². The standard InChI is InChI=1S/C22H26N4O2/c1-16(25-28-11-10-27)17-7-8-22-21(13-17)24-15-26(22)20-6-2-4-18(12-20)19-5-3-9-23-14-19/h2,4,6-8,12-13,15,19,23,27H,3,5,9-11,14H2,1H3/b25-16+. The molecule has 1 aliphatic rings. The lowest BCUT2D eigenvalue weighted by molar-refractivity contribution is 0.0986. The van der Waals surface area contributed by atoms with Crippen molar-refractivity contribution < 1.29 is 9.94 Å². The number of imidazole rings is 1. The Morgan fingerprint density at radius 1 is 1.32 bits per heavy atom. The molecular weight excluding hydrogens is 352 g/mol. The number of aromatic nitrogens is 2. The molecule has 1 unspecified atom stereocenters. The summed E-state index contributed by atoms with van der Waals surface area (Å²) in [5, 5.41) is 16.3. The van der Waals surface area contributed by atoms with Gasteiger partial charge in [-0.1, -0.05) is 23.4 Å². The Labute approximate surface area is 164 Å². The third-order valence-corrected chi connectivity index (χ3v) is 5.27. The number of benzene rings is 2. The quantitative estimate of drug-likeness (QED) is 0.392. The third kappa shape index (κ3) is 3.93. The fourth-order valence-corrected chi connectivity index (χ4v) is 3.74. The van der Waals surface area contributed by atoms with Crippen LogP contribution in [0.5, 0.6) is 0 Å². The van der Waals surface area contributed by atoms with Gasteiger partial charge in [-0.3, -0.25) is 4.57 Å². The van der Waals surface area contributed by atoms with Crippen LogP contribution >= 0.6 is 0 Å². The summed E-state index contributed by atoms with van der Waals surface area (Å²) in [6, 6.07) is 14.9. The van der Waals surface area contributed by atoms with Crippen molar-refractivity contribution in [2.24, 2.45) is 5.16 Å². The number of aliphatic hydroxyl groups excluding tert-OH is 1. The highest BCUT2D eigenvalue weighted by Gasteiger charge is 2.16. The first-order valence-electron chi connectivity index (χ1n) is 9.82. The van der Waals surface area contributed by atoms with Gasteiger partial charge in [0.15, 0.2) is 0 Å². The van der Waals surface area contributed by atoms with Crippen LogP contribution in [0, 0.1) is 0 Å². The highest BCUT2D eigenvalue weighted by atomic mass is 16.6. The minimum Gasteiger partial charge on any atom is -0.393 e. The van der Waals surface area contributed by atoms with E-state index in [0.29, 0.717) is 5.92 Å². The first-order chi connectivity index (χ1) is 13.8. The predicted molar refractivity (Wildman–Crippen MR) is 111 cm³/mol. The van der Waals surface area contributed by atoms with Crippen LogP contribution in [-0.4, -0.2) is 46.7 Å². The second kappa shape index (κ2) is 8.54. The van der Waals surface area contributed by atoms with Crippen molar-refractivity contribution in [3.63, 3.8) is 0 Å². The highest BCUT2D eigenvalue weighted by molar-refractivity contribution is 6.00. The van der Waals surface area contributed by atoms with Gasteiger partial charge in [0.1, 0.15) is 12.9 Å². The van der Waals surface area contributed by atoms with E-state index in [4.69, 9.17) is 9.94 Å². The van der Waals surface area contributed by atoms with Crippen LogP contribution in [0.3, 0.4) is 0 Å².